The van der Waals surface area contributed by atoms with Gasteiger partial charge in [0.05, 0.1) is 6.04 Å². The van der Waals surface area contributed by atoms with Crippen LogP contribution in [0.2, 0.25) is 0 Å². The molecule has 0 saturated heterocycles. The van der Waals surface area contributed by atoms with Crippen LogP contribution in [0.25, 0.3) is 0 Å². The largest absolute Gasteiger partial charge is 0.353 e. The minimum atomic E-state index is -0.554. The fourth-order valence-corrected chi connectivity index (χ4v) is 0.451. The molecule has 1 unspecified atom stereocenters. The summed E-state index contributed by atoms with van der Waals surface area (Å²) in [6, 6.07) is -0.403. The van der Waals surface area contributed by atoms with Crippen molar-refractivity contribution in [1.29, 1.82) is 0 Å². The molecule has 58 valence electrons. The highest BCUT2D eigenvalue weighted by atomic mass is 16.2. The minimum absolute atomic E-state index is 0.403. The van der Waals surface area contributed by atoms with Gasteiger partial charge in [0.1, 0.15) is 0 Å². The lowest BCUT2D eigenvalue weighted by atomic mass is 10.2. The maximum Gasteiger partial charge on any atom is 0.288 e. The smallest absolute Gasteiger partial charge is 0.288 e. The fourth-order valence-electron chi connectivity index (χ4n) is 0.451. The molecule has 0 heterocycles. The van der Waals surface area contributed by atoms with Crippen LogP contribution in [0.5, 0.6) is 0 Å². The van der Waals surface area contributed by atoms with Gasteiger partial charge in [0.2, 0.25) is 5.78 Å². The van der Waals surface area contributed by atoms with Crippen LogP contribution in [0.3, 0.4) is 0 Å². The molecule has 0 fully saturated rings. The molecule has 0 rings (SSSR count). The number of carbonyl (C=O) groups excluding carboxylic acids is 2. The molecule has 10 heavy (non-hydrogen) atoms. The highest BCUT2D eigenvalue weighted by molar-refractivity contribution is 6.37. The van der Waals surface area contributed by atoms with Gasteiger partial charge in [-0.05, 0) is 14.0 Å². The molecule has 0 aliphatic carbocycles. The van der Waals surface area contributed by atoms with E-state index in [0.717, 1.165) is 0 Å². The van der Waals surface area contributed by atoms with E-state index in [0.29, 0.717) is 0 Å². The standard InChI is InChI=1S/C6H12N2O2/c1-4(7-2)5(9)6(10)8-3/h4,7H,1-3H3,(H,8,10). The lowest BCUT2D eigenvalue weighted by Crippen LogP contribution is -2.40. The topological polar surface area (TPSA) is 58.2 Å². The number of likely N-dealkylation sites (N-methyl/N-ethyl adjacent to an activating group) is 2. The monoisotopic (exact) mass is 144 g/mol. The molecule has 0 radical (unpaired) electrons. The summed E-state index contributed by atoms with van der Waals surface area (Å²) in [6.45, 7) is 1.64. The molecule has 0 saturated carbocycles. The Morgan fingerprint density at radius 1 is 1.30 bits per heavy atom. The van der Waals surface area contributed by atoms with Crippen LogP contribution in [-0.4, -0.2) is 31.8 Å². The van der Waals surface area contributed by atoms with Gasteiger partial charge in [-0.3, -0.25) is 9.59 Å². The van der Waals surface area contributed by atoms with Crippen molar-refractivity contribution < 1.29 is 9.59 Å². The molecular formula is C6H12N2O2. The van der Waals surface area contributed by atoms with E-state index in [1.807, 2.05) is 0 Å². The van der Waals surface area contributed by atoms with E-state index in [-0.39, 0.29) is 0 Å². The van der Waals surface area contributed by atoms with E-state index in [1.54, 1.807) is 14.0 Å². The predicted molar refractivity (Wildman–Crippen MR) is 37.6 cm³/mol. The summed E-state index contributed by atoms with van der Waals surface area (Å²) in [7, 11) is 3.06. The molecule has 0 spiro atoms. The van der Waals surface area contributed by atoms with Crippen LogP contribution in [0.15, 0.2) is 0 Å². The van der Waals surface area contributed by atoms with Crippen LogP contribution < -0.4 is 10.6 Å². The number of hydrogen-bond donors (Lipinski definition) is 2. The van der Waals surface area contributed by atoms with Gasteiger partial charge in [-0.2, -0.15) is 0 Å². The van der Waals surface area contributed by atoms with Gasteiger partial charge in [-0.15, -0.1) is 0 Å². The third-order valence-corrected chi connectivity index (χ3v) is 1.28. The number of Topliss-reactive ketones (excluding diaryl/α,β-unsaturated/α-hetero) is 1. The molecule has 1 amide bonds. The molecular weight excluding hydrogens is 132 g/mol. The molecule has 0 aliphatic heterocycles. The molecule has 0 aliphatic rings. The summed E-state index contributed by atoms with van der Waals surface area (Å²) in [5.74, 6) is -0.994. The molecule has 4 nitrogen and oxygen atoms in total. The van der Waals surface area contributed by atoms with Gasteiger partial charge in [0.15, 0.2) is 0 Å². The molecule has 0 aromatic rings. The molecule has 2 N–H and O–H groups in total. The third-order valence-electron chi connectivity index (χ3n) is 1.28. The van der Waals surface area contributed by atoms with Crippen LogP contribution in [0, 0.1) is 0 Å². The second kappa shape index (κ2) is 4.00. The quantitative estimate of drug-likeness (QED) is 0.495. The van der Waals surface area contributed by atoms with Crippen LogP contribution in [-0.2, 0) is 9.59 Å². The summed E-state index contributed by atoms with van der Waals surface area (Å²) >= 11 is 0. The van der Waals surface area contributed by atoms with E-state index < -0.39 is 17.7 Å². The van der Waals surface area contributed by atoms with E-state index in [2.05, 4.69) is 10.6 Å². The van der Waals surface area contributed by atoms with Crippen molar-refractivity contribution in [2.45, 2.75) is 13.0 Å². The molecule has 4 heteroatoms. The Kier molecular flexibility index (Phi) is 3.64. The summed E-state index contributed by atoms with van der Waals surface area (Å²) in [4.78, 5) is 21.4. The number of rotatable bonds is 3. The highest BCUT2D eigenvalue weighted by Crippen LogP contribution is 1.81. The van der Waals surface area contributed by atoms with Gasteiger partial charge in [-0.25, -0.2) is 0 Å². The lowest BCUT2D eigenvalue weighted by Gasteiger charge is -2.05. The molecule has 0 aromatic carbocycles. The SMILES string of the molecule is CNC(=O)C(=O)C(C)NC. The van der Waals surface area contributed by atoms with Crippen molar-refractivity contribution in [3.05, 3.63) is 0 Å². The Labute approximate surface area is 60.0 Å². The van der Waals surface area contributed by atoms with Crippen molar-refractivity contribution in [3.8, 4) is 0 Å². The van der Waals surface area contributed by atoms with Crippen molar-refractivity contribution >= 4 is 11.7 Å². The van der Waals surface area contributed by atoms with Crippen LogP contribution >= 0.6 is 0 Å². The Morgan fingerprint density at radius 3 is 2.10 bits per heavy atom. The zero-order valence-electron chi connectivity index (χ0n) is 6.39. The summed E-state index contributed by atoms with van der Waals surface area (Å²) in [6.07, 6.45) is 0. The average Bonchev–Trinajstić information content (AvgIpc) is 2.00. The van der Waals surface area contributed by atoms with Crippen LogP contribution in [0.4, 0.5) is 0 Å². The molecule has 0 aromatic heterocycles. The van der Waals surface area contributed by atoms with Gasteiger partial charge >= 0.3 is 0 Å². The van der Waals surface area contributed by atoms with E-state index in [1.165, 1.54) is 7.05 Å². The van der Waals surface area contributed by atoms with Crippen molar-refractivity contribution in [1.82, 2.24) is 10.6 Å². The number of hydrogen-bond acceptors (Lipinski definition) is 3. The lowest BCUT2D eigenvalue weighted by molar-refractivity contribution is -0.138. The first-order valence-electron chi connectivity index (χ1n) is 3.06. The maximum atomic E-state index is 10.8. The highest BCUT2D eigenvalue weighted by Gasteiger charge is 2.17. The second-order valence-electron chi connectivity index (χ2n) is 1.95. The van der Waals surface area contributed by atoms with Crippen LogP contribution in [0.1, 0.15) is 6.92 Å². The first kappa shape index (κ1) is 9.10. The Balaban J connectivity index is 3.95. The van der Waals surface area contributed by atoms with Crippen molar-refractivity contribution in [2.24, 2.45) is 0 Å². The number of ketones is 1. The fraction of sp³-hybridized carbons (Fsp3) is 0.667. The number of nitrogens with one attached hydrogen (secondary N) is 2. The van der Waals surface area contributed by atoms with E-state index >= 15 is 0 Å². The summed E-state index contributed by atoms with van der Waals surface area (Å²) in [5, 5.41) is 4.92. The average molecular weight is 144 g/mol. The maximum absolute atomic E-state index is 10.8. The number of carbonyl (C=O) groups is 2. The third kappa shape index (κ3) is 2.14. The zero-order valence-corrected chi connectivity index (χ0v) is 6.39. The first-order chi connectivity index (χ1) is 4.63. The van der Waals surface area contributed by atoms with Gasteiger partial charge in [-0.1, -0.05) is 0 Å². The summed E-state index contributed by atoms with van der Waals surface area (Å²) < 4.78 is 0. The normalized spacial score (nSPS) is 12.3. The zero-order chi connectivity index (χ0) is 8.15. The number of amides is 1. The van der Waals surface area contributed by atoms with Gasteiger partial charge in [0, 0.05) is 7.05 Å². The van der Waals surface area contributed by atoms with Gasteiger partial charge in [0.25, 0.3) is 5.91 Å². The Bertz CT molecular complexity index is 145. The second-order valence-corrected chi connectivity index (χ2v) is 1.95. The van der Waals surface area contributed by atoms with Gasteiger partial charge < -0.3 is 10.6 Å². The molecule has 1 atom stereocenters. The first-order valence-corrected chi connectivity index (χ1v) is 3.06. The summed E-state index contributed by atoms with van der Waals surface area (Å²) in [5.41, 5.74) is 0. The molecule has 0 bridgehead atoms. The predicted octanol–water partition coefficient (Wildman–Crippen LogP) is -1.09. The Hall–Kier alpha value is -0.900. The Morgan fingerprint density at radius 2 is 1.80 bits per heavy atom. The van der Waals surface area contributed by atoms with Crippen molar-refractivity contribution in [3.63, 3.8) is 0 Å². The van der Waals surface area contributed by atoms with E-state index in [4.69, 9.17) is 0 Å². The van der Waals surface area contributed by atoms with E-state index in [9.17, 15) is 9.59 Å². The minimum Gasteiger partial charge on any atom is -0.353 e. The van der Waals surface area contributed by atoms with Crippen molar-refractivity contribution in [2.75, 3.05) is 14.1 Å².